The summed E-state index contributed by atoms with van der Waals surface area (Å²) in [5.41, 5.74) is 1.06. The highest BCUT2D eigenvalue weighted by atomic mass is 16.5. The predicted molar refractivity (Wildman–Crippen MR) is 97.2 cm³/mol. The van der Waals surface area contributed by atoms with Crippen molar-refractivity contribution in [3.63, 3.8) is 0 Å². The average molecular weight is 361 g/mol. The zero-order valence-electron chi connectivity index (χ0n) is 15.4. The maximum absolute atomic E-state index is 12.3. The molecule has 7 heteroatoms. The normalized spacial score (nSPS) is 17.8. The summed E-state index contributed by atoms with van der Waals surface area (Å²) in [6.07, 6.45) is 0.525. The number of nitrogens with one attached hydrogen (secondary N) is 2. The number of hydrogen-bond acceptors (Lipinski definition) is 4. The van der Waals surface area contributed by atoms with E-state index in [0.29, 0.717) is 32.7 Å². The molecule has 2 atom stereocenters. The topological polar surface area (TPSA) is 87.7 Å². The van der Waals surface area contributed by atoms with Crippen LogP contribution in [-0.4, -0.2) is 56.0 Å². The van der Waals surface area contributed by atoms with Gasteiger partial charge in [-0.15, -0.1) is 0 Å². The van der Waals surface area contributed by atoms with Crippen molar-refractivity contribution in [1.82, 2.24) is 15.5 Å². The Kier molecular flexibility index (Phi) is 7.59. The highest BCUT2D eigenvalue weighted by molar-refractivity contribution is 5.89. The van der Waals surface area contributed by atoms with Crippen molar-refractivity contribution in [1.29, 1.82) is 0 Å². The molecule has 2 rings (SSSR count). The van der Waals surface area contributed by atoms with E-state index in [9.17, 15) is 14.4 Å². The molecule has 0 aliphatic carbocycles. The Labute approximate surface area is 154 Å². The minimum atomic E-state index is -0.349. The molecule has 142 valence electrons. The maximum Gasteiger partial charge on any atom is 0.225 e. The van der Waals surface area contributed by atoms with Crippen LogP contribution in [-0.2, 0) is 19.1 Å². The number of amides is 3. The van der Waals surface area contributed by atoms with Crippen LogP contribution in [0.4, 0.5) is 0 Å². The highest BCUT2D eigenvalue weighted by Crippen LogP contribution is 2.28. The van der Waals surface area contributed by atoms with Crippen LogP contribution in [0.1, 0.15) is 31.4 Å². The van der Waals surface area contributed by atoms with Gasteiger partial charge >= 0.3 is 0 Å². The summed E-state index contributed by atoms with van der Waals surface area (Å²) in [5.74, 6) is -0.612. The Morgan fingerprint density at radius 2 is 1.92 bits per heavy atom. The summed E-state index contributed by atoms with van der Waals surface area (Å²) < 4.78 is 4.83. The van der Waals surface area contributed by atoms with Crippen LogP contribution in [0.15, 0.2) is 30.3 Å². The molecular formula is C19H27N3O4. The molecule has 1 fully saturated rings. The van der Waals surface area contributed by atoms with Gasteiger partial charge in [0.05, 0.1) is 18.6 Å². The molecule has 2 N–H and O–H groups in total. The summed E-state index contributed by atoms with van der Waals surface area (Å²) in [6.45, 7) is 3.47. The highest BCUT2D eigenvalue weighted by Gasteiger charge is 2.36. The lowest BCUT2D eigenvalue weighted by Gasteiger charge is -2.25. The molecule has 0 bridgehead atoms. The monoisotopic (exact) mass is 361 g/mol. The Morgan fingerprint density at radius 3 is 2.62 bits per heavy atom. The van der Waals surface area contributed by atoms with Crippen molar-refractivity contribution in [3.8, 4) is 0 Å². The lowest BCUT2D eigenvalue weighted by atomic mass is 10.1. The van der Waals surface area contributed by atoms with Crippen molar-refractivity contribution in [2.75, 3.05) is 33.4 Å². The second-order valence-electron chi connectivity index (χ2n) is 6.42. The maximum atomic E-state index is 12.3. The predicted octanol–water partition coefficient (Wildman–Crippen LogP) is 0.865. The van der Waals surface area contributed by atoms with Gasteiger partial charge in [0.15, 0.2) is 0 Å². The third-order valence-electron chi connectivity index (χ3n) is 4.56. The van der Waals surface area contributed by atoms with E-state index >= 15 is 0 Å². The van der Waals surface area contributed by atoms with Gasteiger partial charge in [-0.05, 0) is 12.5 Å². The zero-order valence-corrected chi connectivity index (χ0v) is 15.4. The molecule has 1 aliphatic heterocycles. The van der Waals surface area contributed by atoms with Gasteiger partial charge in [-0.1, -0.05) is 30.3 Å². The molecular weight excluding hydrogens is 334 g/mol. The molecule has 3 amide bonds. The molecule has 1 aliphatic rings. The Bertz CT molecular complexity index is 620. The Hall–Kier alpha value is -2.41. The molecule has 1 aromatic rings. The van der Waals surface area contributed by atoms with Crippen molar-refractivity contribution < 1.29 is 19.1 Å². The summed E-state index contributed by atoms with van der Waals surface area (Å²) in [6, 6.07) is 9.73. The van der Waals surface area contributed by atoms with Crippen LogP contribution in [0.25, 0.3) is 0 Å². The van der Waals surface area contributed by atoms with E-state index in [4.69, 9.17) is 4.74 Å². The average Bonchev–Trinajstić information content (AvgIpc) is 3.05. The van der Waals surface area contributed by atoms with E-state index in [2.05, 4.69) is 10.6 Å². The van der Waals surface area contributed by atoms with E-state index in [1.54, 1.807) is 12.0 Å². The van der Waals surface area contributed by atoms with E-state index in [-0.39, 0.29) is 36.1 Å². The van der Waals surface area contributed by atoms with Gasteiger partial charge in [0.25, 0.3) is 0 Å². The smallest absolute Gasteiger partial charge is 0.225 e. The summed E-state index contributed by atoms with van der Waals surface area (Å²) >= 11 is 0. The van der Waals surface area contributed by atoms with Gasteiger partial charge in [-0.3, -0.25) is 14.4 Å². The van der Waals surface area contributed by atoms with Crippen LogP contribution in [0, 0.1) is 5.92 Å². The van der Waals surface area contributed by atoms with Crippen molar-refractivity contribution in [3.05, 3.63) is 35.9 Å². The Balaban J connectivity index is 1.75. The number of methoxy groups -OCH3 is 1. The van der Waals surface area contributed by atoms with E-state index in [0.717, 1.165) is 5.56 Å². The summed E-state index contributed by atoms with van der Waals surface area (Å²) in [4.78, 5) is 37.8. The fraction of sp³-hybridized carbons (Fsp3) is 0.526. The number of hydrogen-bond donors (Lipinski definition) is 2. The Morgan fingerprint density at radius 1 is 1.23 bits per heavy atom. The number of ether oxygens (including phenoxy) is 1. The minimum absolute atomic E-state index is 0.00521. The van der Waals surface area contributed by atoms with Crippen molar-refractivity contribution >= 4 is 17.7 Å². The molecule has 0 radical (unpaired) electrons. The molecule has 26 heavy (non-hydrogen) atoms. The van der Waals surface area contributed by atoms with Crippen molar-refractivity contribution in [2.24, 2.45) is 5.92 Å². The SMILES string of the molecule is COCCC(=O)NCCNC(=O)C1CC(=O)N(C(C)c2ccccc2)C1. The molecule has 0 saturated carbocycles. The lowest BCUT2D eigenvalue weighted by molar-refractivity contribution is -0.130. The van der Waals surface area contributed by atoms with Gasteiger partial charge in [0.1, 0.15) is 0 Å². The quantitative estimate of drug-likeness (QED) is 0.639. The lowest BCUT2D eigenvalue weighted by Crippen LogP contribution is -2.38. The van der Waals surface area contributed by atoms with Crippen LogP contribution < -0.4 is 10.6 Å². The van der Waals surface area contributed by atoms with Crippen LogP contribution in [0.5, 0.6) is 0 Å². The first kappa shape index (κ1) is 19.9. The number of carbonyl (C=O) groups excluding carboxylic acids is 3. The molecule has 2 unspecified atom stereocenters. The minimum Gasteiger partial charge on any atom is -0.384 e. The number of nitrogens with zero attached hydrogens (tertiary/aromatic N) is 1. The van der Waals surface area contributed by atoms with E-state index in [1.807, 2.05) is 37.3 Å². The first-order chi connectivity index (χ1) is 12.5. The zero-order chi connectivity index (χ0) is 18.9. The largest absolute Gasteiger partial charge is 0.384 e. The molecule has 0 aromatic heterocycles. The summed E-state index contributed by atoms with van der Waals surface area (Å²) in [5, 5.41) is 5.50. The number of likely N-dealkylation sites (tertiary alicyclic amines) is 1. The first-order valence-corrected chi connectivity index (χ1v) is 8.90. The molecule has 0 spiro atoms. The molecule has 1 heterocycles. The van der Waals surface area contributed by atoms with E-state index in [1.165, 1.54) is 0 Å². The second-order valence-corrected chi connectivity index (χ2v) is 6.42. The number of carbonyl (C=O) groups is 3. The molecule has 7 nitrogen and oxygen atoms in total. The van der Waals surface area contributed by atoms with Crippen LogP contribution >= 0.6 is 0 Å². The third-order valence-corrected chi connectivity index (χ3v) is 4.56. The van der Waals surface area contributed by atoms with Gasteiger partial charge < -0.3 is 20.3 Å². The van der Waals surface area contributed by atoms with Crippen molar-refractivity contribution in [2.45, 2.75) is 25.8 Å². The molecule has 1 saturated heterocycles. The van der Waals surface area contributed by atoms with Crippen LogP contribution in [0.3, 0.4) is 0 Å². The van der Waals surface area contributed by atoms with Gasteiger partial charge in [0, 0.05) is 39.6 Å². The third kappa shape index (κ3) is 5.56. The first-order valence-electron chi connectivity index (χ1n) is 8.90. The van der Waals surface area contributed by atoms with Gasteiger partial charge in [0.2, 0.25) is 17.7 Å². The fourth-order valence-electron chi connectivity index (χ4n) is 3.01. The second kappa shape index (κ2) is 9.91. The molecule has 1 aromatic carbocycles. The number of rotatable bonds is 9. The van der Waals surface area contributed by atoms with Gasteiger partial charge in [-0.2, -0.15) is 0 Å². The standard InChI is InChI=1S/C19H27N3O4/c1-14(15-6-4-3-5-7-15)22-13-16(12-18(22)24)19(25)21-10-9-20-17(23)8-11-26-2/h3-7,14,16H,8-13H2,1-2H3,(H,20,23)(H,21,25). The summed E-state index contributed by atoms with van der Waals surface area (Å²) in [7, 11) is 1.54. The van der Waals surface area contributed by atoms with Crippen LogP contribution in [0.2, 0.25) is 0 Å². The van der Waals surface area contributed by atoms with E-state index < -0.39 is 0 Å². The number of benzene rings is 1. The van der Waals surface area contributed by atoms with Gasteiger partial charge in [-0.25, -0.2) is 0 Å². The fourth-order valence-corrected chi connectivity index (χ4v) is 3.01.